The smallest absolute Gasteiger partial charge is 0.252 e. The average molecular weight is 475 g/mol. The molecule has 0 amide bonds. The van der Waals surface area contributed by atoms with Gasteiger partial charge in [0.25, 0.3) is 5.56 Å². The zero-order valence-electron chi connectivity index (χ0n) is 20.1. The van der Waals surface area contributed by atoms with Crippen molar-refractivity contribution in [3.8, 4) is 11.5 Å². The molecule has 0 spiro atoms. The fraction of sp³-hybridized carbons (Fsp3) is 0.385. The summed E-state index contributed by atoms with van der Waals surface area (Å²) in [6.45, 7) is 1.66. The lowest BCUT2D eigenvalue weighted by Gasteiger charge is -2.23. The molecule has 0 saturated heterocycles. The van der Waals surface area contributed by atoms with Crippen molar-refractivity contribution in [1.29, 1.82) is 0 Å². The molecule has 1 aliphatic rings. The van der Waals surface area contributed by atoms with Crippen molar-refractivity contribution in [2.75, 3.05) is 14.2 Å². The Labute approximate surface area is 203 Å². The number of aromatic amines is 1. The lowest BCUT2D eigenvalue weighted by Crippen LogP contribution is -2.28. The van der Waals surface area contributed by atoms with Crippen LogP contribution in [0.1, 0.15) is 48.7 Å². The molecule has 1 fully saturated rings. The molecule has 1 N–H and O–H groups in total. The maximum absolute atomic E-state index is 13.1. The molecular formula is C26H30N6O3. The van der Waals surface area contributed by atoms with E-state index in [1.807, 2.05) is 35.0 Å². The normalized spacial score (nSPS) is 14.1. The van der Waals surface area contributed by atoms with Gasteiger partial charge in [-0.3, -0.25) is 9.69 Å². The SMILES string of the molecule is COc1cc2cc(CN(Cc3ccccc3)Cc3nnnn3C3CCCC3)c(=O)[nH]c2cc1OC. The Hall–Kier alpha value is -3.72. The van der Waals surface area contributed by atoms with Gasteiger partial charge in [-0.15, -0.1) is 5.10 Å². The number of fused-ring (bicyclic) bond motifs is 1. The van der Waals surface area contributed by atoms with E-state index < -0.39 is 0 Å². The molecule has 35 heavy (non-hydrogen) atoms. The first-order valence-corrected chi connectivity index (χ1v) is 12.0. The predicted octanol–water partition coefficient (Wildman–Crippen LogP) is 3.85. The highest BCUT2D eigenvalue weighted by Crippen LogP contribution is 2.32. The zero-order chi connectivity index (χ0) is 24.2. The van der Waals surface area contributed by atoms with Gasteiger partial charge < -0.3 is 14.5 Å². The van der Waals surface area contributed by atoms with Crippen molar-refractivity contribution in [3.05, 3.63) is 75.8 Å². The second-order valence-electron chi connectivity index (χ2n) is 9.03. The maximum atomic E-state index is 13.1. The molecule has 182 valence electrons. The monoisotopic (exact) mass is 474 g/mol. The molecule has 1 saturated carbocycles. The second-order valence-corrected chi connectivity index (χ2v) is 9.03. The first kappa shape index (κ1) is 23.0. The number of nitrogens with one attached hydrogen (secondary N) is 1. The lowest BCUT2D eigenvalue weighted by atomic mass is 10.1. The number of H-pyrrole nitrogens is 1. The van der Waals surface area contributed by atoms with Gasteiger partial charge in [-0.2, -0.15) is 0 Å². The number of benzene rings is 2. The van der Waals surface area contributed by atoms with E-state index in [-0.39, 0.29) is 5.56 Å². The van der Waals surface area contributed by atoms with E-state index in [0.29, 0.717) is 48.3 Å². The molecule has 9 nitrogen and oxygen atoms in total. The van der Waals surface area contributed by atoms with Gasteiger partial charge in [-0.1, -0.05) is 43.2 Å². The van der Waals surface area contributed by atoms with Crippen LogP contribution in [0.4, 0.5) is 0 Å². The number of rotatable bonds is 9. The van der Waals surface area contributed by atoms with Crippen molar-refractivity contribution in [2.24, 2.45) is 0 Å². The molecule has 0 atom stereocenters. The van der Waals surface area contributed by atoms with Gasteiger partial charge >= 0.3 is 0 Å². The highest BCUT2D eigenvalue weighted by Gasteiger charge is 2.23. The maximum Gasteiger partial charge on any atom is 0.252 e. The van der Waals surface area contributed by atoms with Crippen molar-refractivity contribution in [1.82, 2.24) is 30.1 Å². The quantitative estimate of drug-likeness (QED) is 0.393. The molecule has 0 aliphatic heterocycles. The summed E-state index contributed by atoms with van der Waals surface area (Å²) in [5, 5.41) is 13.5. The Balaban J connectivity index is 1.47. The summed E-state index contributed by atoms with van der Waals surface area (Å²) in [6.07, 6.45) is 4.62. The Morgan fingerprint density at radius 3 is 2.49 bits per heavy atom. The van der Waals surface area contributed by atoms with Crippen LogP contribution in [0.2, 0.25) is 0 Å². The standard InChI is InChI=1S/C26H30N6O3/c1-34-23-13-19-12-20(26(33)27-22(19)14-24(23)35-2)16-31(15-18-8-4-3-5-9-18)17-25-28-29-30-32(25)21-10-6-7-11-21/h3-5,8-9,12-14,21H,6-7,10-11,15-17H2,1-2H3,(H,27,33). The Morgan fingerprint density at radius 1 is 1.00 bits per heavy atom. The lowest BCUT2D eigenvalue weighted by molar-refractivity contribution is 0.231. The Kier molecular flexibility index (Phi) is 6.76. The van der Waals surface area contributed by atoms with Crippen LogP contribution in [-0.2, 0) is 19.6 Å². The first-order chi connectivity index (χ1) is 17.1. The molecular weight excluding hydrogens is 444 g/mol. The van der Waals surface area contributed by atoms with Crippen molar-refractivity contribution in [2.45, 2.75) is 51.4 Å². The minimum Gasteiger partial charge on any atom is -0.493 e. The summed E-state index contributed by atoms with van der Waals surface area (Å²) >= 11 is 0. The summed E-state index contributed by atoms with van der Waals surface area (Å²) in [4.78, 5) is 18.3. The van der Waals surface area contributed by atoms with Gasteiger partial charge in [0.1, 0.15) is 0 Å². The van der Waals surface area contributed by atoms with E-state index >= 15 is 0 Å². The van der Waals surface area contributed by atoms with Gasteiger partial charge in [0.2, 0.25) is 0 Å². The van der Waals surface area contributed by atoms with E-state index in [4.69, 9.17) is 9.47 Å². The summed E-state index contributed by atoms with van der Waals surface area (Å²) in [5.74, 6) is 2.03. The second kappa shape index (κ2) is 10.3. The molecule has 0 unspecified atom stereocenters. The number of hydrogen-bond donors (Lipinski definition) is 1. The third-order valence-electron chi connectivity index (χ3n) is 6.66. The third kappa shape index (κ3) is 5.05. The highest BCUT2D eigenvalue weighted by molar-refractivity contribution is 5.83. The first-order valence-electron chi connectivity index (χ1n) is 12.0. The number of ether oxygens (including phenoxy) is 2. The topological polar surface area (TPSA) is 98.2 Å². The number of hydrogen-bond acceptors (Lipinski definition) is 7. The van der Waals surface area contributed by atoms with Crippen LogP contribution >= 0.6 is 0 Å². The molecule has 0 radical (unpaired) electrons. The Bertz CT molecular complexity index is 1340. The minimum absolute atomic E-state index is 0.127. The molecule has 0 bridgehead atoms. The third-order valence-corrected chi connectivity index (χ3v) is 6.66. The fourth-order valence-electron chi connectivity index (χ4n) is 4.89. The predicted molar refractivity (Wildman–Crippen MR) is 132 cm³/mol. The zero-order valence-corrected chi connectivity index (χ0v) is 20.1. The summed E-state index contributed by atoms with van der Waals surface area (Å²) in [7, 11) is 3.18. The van der Waals surface area contributed by atoms with Gasteiger partial charge in [0.05, 0.1) is 32.3 Å². The highest BCUT2D eigenvalue weighted by atomic mass is 16.5. The van der Waals surface area contributed by atoms with E-state index in [2.05, 4.69) is 37.5 Å². The van der Waals surface area contributed by atoms with Crippen molar-refractivity contribution < 1.29 is 9.47 Å². The largest absolute Gasteiger partial charge is 0.493 e. The van der Waals surface area contributed by atoms with E-state index in [1.54, 1.807) is 20.3 Å². The number of nitrogens with zero attached hydrogens (tertiary/aromatic N) is 5. The summed E-state index contributed by atoms with van der Waals surface area (Å²) in [6, 6.07) is 16.2. The van der Waals surface area contributed by atoms with Gasteiger partial charge in [0.15, 0.2) is 17.3 Å². The van der Waals surface area contributed by atoms with Gasteiger partial charge in [-0.05, 0) is 41.0 Å². The van der Waals surface area contributed by atoms with E-state index in [1.165, 1.54) is 12.8 Å². The molecule has 9 heteroatoms. The van der Waals surface area contributed by atoms with Crippen LogP contribution in [0.25, 0.3) is 10.9 Å². The van der Waals surface area contributed by atoms with Crippen molar-refractivity contribution in [3.63, 3.8) is 0 Å². The Morgan fingerprint density at radius 2 is 1.74 bits per heavy atom. The molecule has 2 aromatic carbocycles. The van der Waals surface area contributed by atoms with E-state index in [0.717, 1.165) is 29.6 Å². The number of methoxy groups -OCH3 is 2. The number of pyridine rings is 1. The molecule has 1 aliphatic carbocycles. The van der Waals surface area contributed by atoms with Crippen LogP contribution in [0.15, 0.2) is 53.3 Å². The summed E-state index contributed by atoms with van der Waals surface area (Å²) < 4.78 is 12.8. The van der Waals surface area contributed by atoms with Gasteiger partial charge in [-0.25, -0.2) is 4.68 Å². The van der Waals surface area contributed by atoms with Crippen LogP contribution in [0.5, 0.6) is 11.5 Å². The molecule has 5 rings (SSSR count). The van der Waals surface area contributed by atoms with Crippen LogP contribution in [0.3, 0.4) is 0 Å². The fourth-order valence-corrected chi connectivity index (χ4v) is 4.89. The summed E-state index contributed by atoms with van der Waals surface area (Å²) in [5.41, 5.74) is 2.41. The van der Waals surface area contributed by atoms with E-state index in [9.17, 15) is 4.79 Å². The molecule has 2 aromatic heterocycles. The number of aromatic nitrogens is 5. The number of tetrazole rings is 1. The van der Waals surface area contributed by atoms with Crippen LogP contribution in [0, 0.1) is 0 Å². The van der Waals surface area contributed by atoms with Crippen molar-refractivity contribution >= 4 is 10.9 Å². The van der Waals surface area contributed by atoms with Crippen LogP contribution < -0.4 is 15.0 Å². The minimum atomic E-state index is -0.127. The van der Waals surface area contributed by atoms with Gasteiger partial charge in [0, 0.05) is 30.1 Å². The average Bonchev–Trinajstić information content (AvgIpc) is 3.56. The molecule has 2 heterocycles. The van der Waals surface area contributed by atoms with Crippen LogP contribution in [-0.4, -0.2) is 44.3 Å². The molecule has 4 aromatic rings.